The van der Waals surface area contributed by atoms with Gasteiger partial charge in [-0.05, 0) is 48.2 Å². The monoisotopic (exact) mass is 418 g/mol. The molecular weight excluding hydrogens is 396 g/mol. The largest absolute Gasteiger partial charge is 0.383 e. The number of rotatable bonds is 8. The van der Waals surface area contributed by atoms with E-state index in [1.807, 2.05) is 0 Å². The lowest BCUT2D eigenvalue weighted by Crippen LogP contribution is -2.16. The number of anilines is 2. The van der Waals surface area contributed by atoms with Gasteiger partial charge in [-0.15, -0.1) is 0 Å². The fourth-order valence-electron chi connectivity index (χ4n) is 2.26. The third-order valence-corrected chi connectivity index (χ3v) is 4.81. The molecule has 0 aliphatic carbocycles. The topological polar surface area (TPSA) is 114 Å². The van der Waals surface area contributed by atoms with E-state index < -0.39 is 10.8 Å². The molecule has 2 amide bonds. The summed E-state index contributed by atoms with van der Waals surface area (Å²) in [6.07, 6.45) is 0. The lowest BCUT2D eigenvalue weighted by molar-refractivity contribution is -0.384. The number of nitro groups is 1. The van der Waals surface area contributed by atoms with Crippen LogP contribution in [0.1, 0.15) is 10.4 Å². The molecule has 10 heteroatoms. The molecule has 2 rings (SSSR count). The Morgan fingerprint density at radius 3 is 2.45 bits per heavy atom. The average molecular weight is 418 g/mol. The molecule has 29 heavy (non-hydrogen) atoms. The van der Waals surface area contributed by atoms with Crippen LogP contribution in [0.5, 0.6) is 0 Å². The Bertz CT molecular complexity index is 887. The second-order valence-electron chi connectivity index (χ2n) is 6.15. The van der Waals surface area contributed by atoms with E-state index in [9.17, 15) is 19.7 Å². The minimum absolute atomic E-state index is 0.103. The standard InChI is InChI=1S/C19H22N4O5S/c1-22(2)19(25)29-15-7-5-14(6-8-15)21-18(24)13-4-9-16(20-10-11-28-3)17(12-13)23(26)27/h4-9,12,20H,10-11H2,1-3H3,(H,21,24). The second kappa shape index (κ2) is 10.4. The van der Waals surface area contributed by atoms with Gasteiger partial charge in [-0.1, -0.05) is 0 Å². The number of nitro benzene ring substituents is 1. The number of hydrogen-bond donors (Lipinski definition) is 2. The molecule has 0 saturated carbocycles. The van der Waals surface area contributed by atoms with E-state index in [4.69, 9.17) is 4.74 Å². The summed E-state index contributed by atoms with van der Waals surface area (Å²) in [5.74, 6) is -0.471. The average Bonchev–Trinajstić information content (AvgIpc) is 2.69. The van der Waals surface area contributed by atoms with Gasteiger partial charge in [0.15, 0.2) is 0 Å². The molecule has 0 bridgehead atoms. The fourth-order valence-corrected chi connectivity index (χ4v) is 2.92. The van der Waals surface area contributed by atoms with E-state index in [0.29, 0.717) is 24.5 Å². The molecule has 0 atom stereocenters. The summed E-state index contributed by atoms with van der Waals surface area (Å²) in [7, 11) is 4.87. The fraction of sp³-hybridized carbons (Fsp3) is 0.263. The van der Waals surface area contributed by atoms with Crippen molar-refractivity contribution in [2.24, 2.45) is 0 Å². The first-order valence-electron chi connectivity index (χ1n) is 8.63. The van der Waals surface area contributed by atoms with Crippen molar-refractivity contribution in [1.29, 1.82) is 0 Å². The number of methoxy groups -OCH3 is 1. The maximum Gasteiger partial charge on any atom is 0.293 e. The van der Waals surface area contributed by atoms with Gasteiger partial charge in [-0.2, -0.15) is 0 Å². The summed E-state index contributed by atoms with van der Waals surface area (Å²) in [4.78, 5) is 37.2. The van der Waals surface area contributed by atoms with E-state index in [0.717, 1.165) is 16.7 Å². The molecule has 2 N–H and O–H groups in total. The maximum atomic E-state index is 12.5. The van der Waals surface area contributed by atoms with Crippen molar-refractivity contribution in [3.05, 3.63) is 58.1 Å². The Morgan fingerprint density at radius 1 is 1.17 bits per heavy atom. The van der Waals surface area contributed by atoms with Gasteiger partial charge in [-0.25, -0.2) is 0 Å². The van der Waals surface area contributed by atoms with E-state index in [-0.39, 0.29) is 16.5 Å². The van der Waals surface area contributed by atoms with Crippen LogP contribution in [-0.4, -0.2) is 55.3 Å². The van der Waals surface area contributed by atoms with E-state index in [1.165, 1.54) is 30.2 Å². The molecule has 9 nitrogen and oxygen atoms in total. The number of nitrogens with zero attached hydrogens (tertiary/aromatic N) is 2. The number of amides is 2. The number of nitrogens with one attached hydrogen (secondary N) is 2. The Balaban J connectivity index is 2.09. The summed E-state index contributed by atoms with van der Waals surface area (Å²) in [5.41, 5.74) is 0.801. The van der Waals surface area contributed by atoms with Gasteiger partial charge in [0.05, 0.1) is 11.5 Å². The highest BCUT2D eigenvalue weighted by Crippen LogP contribution is 2.26. The minimum atomic E-state index is -0.542. The van der Waals surface area contributed by atoms with Crippen molar-refractivity contribution in [2.45, 2.75) is 4.90 Å². The van der Waals surface area contributed by atoms with Gasteiger partial charge in [0.1, 0.15) is 5.69 Å². The Morgan fingerprint density at radius 2 is 1.86 bits per heavy atom. The van der Waals surface area contributed by atoms with E-state index >= 15 is 0 Å². The van der Waals surface area contributed by atoms with Crippen molar-refractivity contribution in [3.8, 4) is 0 Å². The quantitative estimate of drug-likeness (QED) is 0.291. The third kappa shape index (κ3) is 6.47. The van der Waals surface area contributed by atoms with Crippen LogP contribution in [0, 0.1) is 10.1 Å². The van der Waals surface area contributed by atoms with Gasteiger partial charge < -0.3 is 20.3 Å². The molecule has 0 radical (unpaired) electrons. The van der Waals surface area contributed by atoms with Crippen LogP contribution in [0.25, 0.3) is 0 Å². The molecule has 0 aliphatic heterocycles. The van der Waals surface area contributed by atoms with Crippen molar-refractivity contribution in [1.82, 2.24) is 4.90 Å². The van der Waals surface area contributed by atoms with Crippen LogP contribution in [0.4, 0.5) is 21.9 Å². The summed E-state index contributed by atoms with van der Waals surface area (Å²) in [6.45, 7) is 0.803. The van der Waals surface area contributed by atoms with Crippen molar-refractivity contribution < 1.29 is 19.2 Å². The van der Waals surface area contributed by atoms with Crippen LogP contribution in [0.15, 0.2) is 47.4 Å². The highest BCUT2D eigenvalue weighted by Gasteiger charge is 2.17. The van der Waals surface area contributed by atoms with Gasteiger partial charge in [0.2, 0.25) is 0 Å². The molecular formula is C19H22N4O5S. The van der Waals surface area contributed by atoms with Crippen LogP contribution < -0.4 is 10.6 Å². The number of hydrogen-bond acceptors (Lipinski definition) is 7. The molecule has 0 aliphatic rings. The molecule has 154 valence electrons. The highest BCUT2D eigenvalue weighted by atomic mass is 32.2. The Kier molecular flexibility index (Phi) is 7.98. The zero-order valence-corrected chi connectivity index (χ0v) is 17.1. The number of carbonyl (C=O) groups is 2. The molecule has 0 fully saturated rings. The third-order valence-electron chi connectivity index (χ3n) is 3.76. The highest BCUT2D eigenvalue weighted by molar-refractivity contribution is 8.13. The van der Waals surface area contributed by atoms with Crippen LogP contribution in [0.2, 0.25) is 0 Å². The summed E-state index contributed by atoms with van der Waals surface area (Å²) in [5, 5.41) is 16.8. The van der Waals surface area contributed by atoms with Gasteiger partial charge in [0, 0.05) is 50.0 Å². The molecule has 2 aromatic rings. The normalized spacial score (nSPS) is 10.3. The number of carbonyl (C=O) groups excluding carboxylic acids is 2. The summed E-state index contributed by atoms with van der Waals surface area (Å²) in [6, 6.07) is 11.0. The van der Waals surface area contributed by atoms with E-state index in [1.54, 1.807) is 38.4 Å². The molecule has 0 aromatic heterocycles. The predicted octanol–water partition coefficient (Wildman–Crippen LogP) is 3.68. The van der Waals surface area contributed by atoms with Crippen LogP contribution >= 0.6 is 11.8 Å². The first-order chi connectivity index (χ1) is 13.8. The lowest BCUT2D eigenvalue weighted by Gasteiger charge is -2.10. The van der Waals surface area contributed by atoms with Crippen molar-refractivity contribution in [2.75, 3.05) is 45.0 Å². The lowest BCUT2D eigenvalue weighted by atomic mass is 10.1. The van der Waals surface area contributed by atoms with Crippen molar-refractivity contribution >= 4 is 40.0 Å². The number of thioether (sulfide) groups is 1. The minimum Gasteiger partial charge on any atom is -0.383 e. The maximum absolute atomic E-state index is 12.5. The van der Waals surface area contributed by atoms with Crippen LogP contribution in [0.3, 0.4) is 0 Å². The first kappa shape index (κ1) is 22.2. The van der Waals surface area contributed by atoms with E-state index in [2.05, 4.69) is 10.6 Å². The molecule has 0 heterocycles. The first-order valence-corrected chi connectivity index (χ1v) is 9.45. The smallest absolute Gasteiger partial charge is 0.293 e. The Hall–Kier alpha value is -3.11. The van der Waals surface area contributed by atoms with Gasteiger partial charge in [-0.3, -0.25) is 19.7 Å². The SMILES string of the molecule is COCCNc1ccc(C(=O)Nc2ccc(SC(=O)N(C)C)cc2)cc1[N+](=O)[O-]. The molecule has 2 aromatic carbocycles. The van der Waals surface area contributed by atoms with Crippen LogP contribution in [-0.2, 0) is 4.74 Å². The zero-order valence-electron chi connectivity index (χ0n) is 16.3. The number of benzene rings is 2. The zero-order chi connectivity index (χ0) is 21.4. The molecule has 0 saturated heterocycles. The van der Waals surface area contributed by atoms with Gasteiger partial charge in [0.25, 0.3) is 16.8 Å². The molecule has 0 spiro atoms. The number of ether oxygens (including phenoxy) is 1. The molecule has 0 unspecified atom stereocenters. The summed E-state index contributed by atoms with van der Waals surface area (Å²) < 4.78 is 4.91. The predicted molar refractivity (Wildman–Crippen MR) is 113 cm³/mol. The summed E-state index contributed by atoms with van der Waals surface area (Å²) >= 11 is 1.07. The van der Waals surface area contributed by atoms with Gasteiger partial charge >= 0.3 is 0 Å². The Labute approximate surface area is 172 Å². The second-order valence-corrected chi connectivity index (χ2v) is 7.17. The van der Waals surface area contributed by atoms with Crippen molar-refractivity contribution in [3.63, 3.8) is 0 Å².